The Morgan fingerprint density at radius 1 is 1.38 bits per heavy atom. The molecule has 2 aromatic rings. The van der Waals surface area contributed by atoms with E-state index >= 15 is 0 Å². The molecule has 0 saturated heterocycles. The molecule has 110 valence electrons. The van der Waals surface area contributed by atoms with E-state index in [9.17, 15) is 9.59 Å². The molecule has 1 heterocycles. The Balaban J connectivity index is 1.95. The smallest absolute Gasteiger partial charge is 0.335 e. The second-order valence-corrected chi connectivity index (χ2v) is 5.43. The van der Waals surface area contributed by atoms with Crippen LogP contribution < -0.4 is 11.1 Å². The quantitative estimate of drug-likeness (QED) is 0.781. The largest absolute Gasteiger partial charge is 0.478 e. The Bertz CT molecular complexity index is 650. The van der Waals surface area contributed by atoms with Crippen LogP contribution in [0.4, 0.5) is 0 Å². The molecule has 1 amide bonds. The van der Waals surface area contributed by atoms with Gasteiger partial charge in [0.05, 0.1) is 11.6 Å². The fraction of sp³-hybridized carbons (Fsp3) is 0.214. The third kappa shape index (κ3) is 3.87. The Labute approximate surface area is 125 Å². The number of aromatic nitrogens is 1. The number of carbonyl (C=O) groups excluding carboxylic acids is 1. The van der Waals surface area contributed by atoms with Crippen LogP contribution >= 0.6 is 11.3 Å². The molecule has 0 aliphatic heterocycles. The molecular weight excluding hydrogens is 290 g/mol. The number of thiazole rings is 1. The number of benzene rings is 1. The zero-order valence-corrected chi connectivity index (χ0v) is 12.2. The number of rotatable bonds is 5. The summed E-state index contributed by atoms with van der Waals surface area (Å²) < 4.78 is 0. The van der Waals surface area contributed by atoms with Crippen LogP contribution in [0.3, 0.4) is 0 Å². The van der Waals surface area contributed by atoms with E-state index in [1.54, 1.807) is 17.5 Å². The molecule has 1 aromatic heterocycles. The number of nitrogens with one attached hydrogen (secondary N) is 1. The predicted molar refractivity (Wildman–Crippen MR) is 79.3 cm³/mol. The maximum absolute atomic E-state index is 11.9. The number of nitrogens with two attached hydrogens (primary N) is 1. The van der Waals surface area contributed by atoms with Gasteiger partial charge >= 0.3 is 5.97 Å². The topological polar surface area (TPSA) is 105 Å². The number of hydrogen-bond acceptors (Lipinski definition) is 5. The molecule has 2 rings (SSSR count). The van der Waals surface area contributed by atoms with Crippen LogP contribution in [0.2, 0.25) is 0 Å². The molecule has 1 atom stereocenters. The van der Waals surface area contributed by atoms with Gasteiger partial charge in [0, 0.05) is 11.9 Å². The number of carboxylic acids is 1. The van der Waals surface area contributed by atoms with Crippen molar-refractivity contribution < 1.29 is 14.7 Å². The van der Waals surface area contributed by atoms with E-state index in [0.717, 1.165) is 5.56 Å². The molecule has 21 heavy (non-hydrogen) atoms. The van der Waals surface area contributed by atoms with Crippen LogP contribution in [0.5, 0.6) is 0 Å². The minimum Gasteiger partial charge on any atom is -0.478 e. The van der Waals surface area contributed by atoms with E-state index < -0.39 is 5.97 Å². The molecule has 1 unspecified atom stereocenters. The summed E-state index contributed by atoms with van der Waals surface area (Å²) in [5.41, 5.74) is 7.07. The Hall–Kier alpha value is -2.25. The molecule has 0 spiro atoms. The van der Waals surface area contributed by atoms with Gasteiger partial charge in [-0.1, -0.05) is 12.1 Å². The second-order valence-electron chi connectivity index (χ2n) is 4.54. The van der Waals surface area contributed by atoms with E-state index in [-0.39, 0.29) is 17.5 Å². The van der Waals surface area contributed by atoms with Crippen LogP contribution in [-0.4, -0.2) is 22.0 Å². The first-order chi connectivity index (χ1) is 9.97. The van der Waals surface area contributed by atoms with Crippen molar-refractivity contribution in [1.82, 2.24) is 10.3 Å². The van der Waals surface area contributed by atoms with Crippen molar-refractivity contribution >= 4 is 23.2 Å². The number of carboxylic acid groups (broad SMARTS) is 1. The standard InChI is InChI=1S/C14H15N3O3S/c1-8(15)13-17-11(7-21-13)12(18)16-6-9-2-4-10(5-3-9)14(19)20/h2-5,7-8H,6,15H2,1H3,(H,16,18)(H,19,20). The van der Waals surface area contributed by atoms with Gasteiger partial charge in [-0.05, 0) is 24.6 Å². The molecule has 0 aliphatic carbocycles. The van der Waals surface area contributed by atoms with Crippen LogP contribution in [0, 0.1) is 0 Å². The lowest BCUT2D eigenvalue weighted by Crippen LogP contribution is -2.23. The first kappa shape index (κ1) is 15.1. The van der Waals surface area contributed by atoms with E-state index in [1.807, 2.05) is 6.92 Å². The van der Waals surface area contributed by atoms with Crippen LogP contribution in [0.15, 0.2) is 29.6 Å². The van der Waals surface area contributed by atoms with Crippen molar-refractivity contribution in [1.29, 1.82) is 0 Å². The fourth-order valence-corrected chi connectivity index (χ4v) is 2.40. The Kier molecular flexibility index (Phi) is 4.66. The fourth-order valence-electron chi connectivity index (χ4n) is 1.64. The predicted octanol–water partition coefficient (Wildman–Crippen LogP) is 1.79. The summed E-state index contributed by atoms with van der Waals surface area (Å²) in [7, 11) is 0. The Morgan fingerprint density at radius 3 is 2.57 bits per heavy atom. The average Bonchev–Trinajstić information content (AvgIpc) is 2.95. The lowest BCUT2D eigenvalue weighted by atomic mass is 10.1. The highest BCUT2D eigenvalue weighted by Gasteiger charge is 2.12. The van der Waals surface area contributed by atoms with Gasteiger partial charge in [-0.15, -0.1) is 11.3 Å². The summed E-state index contributed by atoms with van der Waals surface area (Å²) in [5, 5.41) is 13.9. The van der Waals surface area contributed by atoms with Gasteiger partial charge in [0.25, 0.3) is 5.91 Å². The molecule has 0 aliphatic rings. The summed E-state index contributed by atoms with van der Waals surface area (Å²) >= 11 is 1.35. The summed E-state index contributed by atoms with van der Waals surface area (Å²) in [6.45, 7) is 2.12. The lowest BCUT2D eigenvalue weighted by Gasteiger charge is -2.04. The van der Waals surface area contributed by atoms with Gasteiger partial charge in [0.15, 0.2) is 0 Å². The highest BCUT2D eigenvalue weighted by atomic mass is 32.1. The summed E-state index contributed by atoms with van der Waals surface area (Å²) in [5.74, 6) is -1.25. The van der Waals surface area contributed by atoms with Gasteiger partial charge < -0.3 is 16.2 Å². The second kappa shape index (κ2) is 6.47. The van der Waals surface area contributed by atoms with Crippen LogP contribution in [0.25, 0.3) is 0 Å². The number of nitrogens with zero attached hydrogens (tertiary/aromatic N) is 1. The van der Waals surface area contributed by atoms with Gasteiger partial charge in [-0.2, -0.15) is 0 Å². The maximum atomic E-state index is 11.9. The molecular formula is C14H15N3O3S. The van der Waals surface area contributed by atoms with E-state index in [1.165, 1.54) is 23.5 Å². The number of aromatic carboxylic acids is 1. The monoisotopic (exact) mass is 305 g/mol. The van der Waals surface area contributed by atoms with E-state index in [2.05, 4.69) is 10.3 Å². The number of carbonyl (C=O) groups is 2. The molecule has 4 N–H and O–H groups in total. The molecule has 6 nitrogen and oxygen atoms in total. The van der Waals surface area contributed by atoms with E-state index in [0.29, 0.717) is 17.2 Å². The minimum absolute atomic E-state index is 0.194. The third-order valence-electron chi connectivity index (χ3n) is 2.80. The maximum Gasteiger partial charge on any atom is 0.335 e. The zero-order chi connectivity index (χ0) is 15.4. The van der Waals surface area contributed by atoms with Crippen molar-refractivity contribution in [3.05, 3.63) is 51.5 Å². The molecule has 0 fully saturated rings. The van der Waals surface area contributed by atoms with Gasteiger partial charge in [0.2, 0.25) is 0 Å². The minimum atomic E-state index is -0.975. The summed E-state index contributed by atoms with van der Waals surface area (Å²) in [6.07, 6.45) is 0. The number of hydrogen-bond donors (Lipinski definition) is 3. The SMILES string of the molecule is CC(N)c1nc(C(=O)NCc2ccc(C(=O)O)cc2)cs1. The first-order valence-electron chi connectivity index (χ1n) is 6.29. The van der Waals surface area contributed by atoms with E-state index in [4.69, 9.17) is 10.8 Å². The highest BCUT2D eigenvalue weighted by molar-refractivity contribution is 7.09. The molecule has 0 saturated carbocycles. The number of amides is 1. The van der Waals surface area contributed by atoms with Crippen molar-refractivity contribution in [3.63, 3.8) is 0 Å². The van der Waals surface area contributed by atoms with Crippen molar-refractivity contribution in [2.75, 3.05) is 0 Å². The third-order valence-corrected chi connectivity index (χ3v) is 3.84. The highest BCUT2D eigenvalue weighted by Crippen LogP contribution is 2.15. The molecule has 1 aromatic carbocycles. The van der Waals surface area contributed by atoms with Crippen molar-refractivity contribution in [2.24, 2.45) is 5.73 Å². The van der Waals surface area contributed by atoms with Crippen LogP contribution in [-0.2, 0) is 6.54 Å². The Morgan fingerprint density at radius 2 is 2.05 bits per heavy atom. The van der Waals surface area contributed by atoms with Crippen molar-refractivity contribution in [3.8, 4) is 0 Å². The van der Waals surface area contributed by atoms with Gasteiger partial charge in [0.1, 0.15) is 10.7 Å². The molecule has 0 radical (unpaired) electrons. The molecule has 0 bridgehead atoms. The zero-order valence-electron chi connectivity index (χ0n) is 11.4. The normalized spacial score (nSPS) is 11.9. The summed E-state index contributed by atoms with van der Waals surface area (Å²) in [4.78, 5) is 26.8. The van der Waals surface area contributed by atoms with Gasteiger partial charge in [-0.25, -0.2) is 9.78 Å². The van der Waals surface area contributed by atoms with Gasteiger partial charge in [-0.3, -0.25) is 4.79 Å². The first-order valence-corrected chi connectivity index (χ1v) is 7.17. The average molecular weight is 305 g/mol. The lowest BCUT2D eigenvalue weighted by molar-refractivity contribution is 0.0696. The van der Waals surface area contributed by atoms with Crippen molar-refractivity contribution in [2.45, 2.75) is 19.5 Å². The molecule has 7 heteroatoms. The van der Waals surface area contributed by atoms with Crippen LogP contribution in [0.1, 0.15) is 44.4 Å². The summed E-state index contributed by atoms with van der Waals surface area (Å²) in [6, 6.07) is 6.14.